The summed E-state index contributed by atoms with van der Waals surface area (Å²) < 4.78 is 0.815. The minimum atomic E-state index is -0.780. The zero-order valence-electron chi connectivity index (χ0n) is 14.1. The van der Waals surface area contributed by atoms with Crippen LogP contribution >= 0.6 is 15.9 Å². The Kier molecular flexibility index (Phi) is 8.64. The first-order valence-corrected chi connectivity index (χ1v) is 8.91. The SMILES string of the molecule is CCCC(=C=CC[C@@H](O)c1cc(Br)ccc1O)C[C@@H](O)C(C)C. The zero-order chi connectivity index (χ0) is 17.4. The van der Waals surface area contributed by atoms with E-state index in [2.05, 4.69) is 28.6 Å². The van der Waals surface area contributed by atoms with Gasteiger partial charge in [0.1, 0.15) is 5.75 Å². The number of aliphatic hydroxyl groups excluding tert-OH is 2. The number of hydrogen-bond donors (Lipinski definition) is 3. The Labute approximate surface area is 147 Å². The van der Waals surface area contributed by atoms with E-state index in [1.165, 1.54) is 0 Å². The number of aliphatic hydroxyl groups is 2. The highest BCUT2D eigenvalue weighted by atomic mass is 79.9. The van der Waals surface area contributed by atoms with E-state index >= 15 is 0 Å². The predicted molar refractivity (Wildman–Crippen MR) is 97.3 cm³/mol. The summed E-state index contributed by atoms with van der Waals surface area (Å²) in [4.78, 5) is 0. The molecule has 0 aliphatic rings. The molecule has 0 saturated carbocycles. The Bertz CT molecular complexity index is 560. The van der Waals surface area contributed by atoms with Gasteiger partial charge in [-0.25, -0.2) is 0 Å². The lowest BCUT2D eigenvalue weighted by Gasteiger charge is -2.15. The maximum atomic E-state index is 10.2. The van der Waals surface area contributed by atoms with Crippen LogP contribution in [-0.2, 0) is 0 Å². The molecule has 0 aromatic heterocycles. The number of benzene rings is 1. The van der Waals surface area contributed by atoms with Crippen LogP contribution in [0.25, 0.3) is 0 Å². The Morgan fingerprint density at radius 2 is 2.00 bits per heavy atom. The molecule has 0 fully saturated rings. The van der Waals surface area contributed by atoms with Crippen molar-refractivity contribution in [1.82, 2.24) is 0 Å². The molecule has 0 saturated heterocycles. The van der Waals surface area contributed by atoms with Gasteiger partial charge in [-0.1, -0.05) is 43.1 Å². The van der Waals surface area contributed by atoms with Crippen molar-refractivity contribution < 1.29 is 15.3 Å². The van der Waals surface area contributed by atoms with Gasteiger partial charge < -0.3 is 15.3 Å². The fraction of sp³-hybridized carbons (Fsp3) is 0.526. The van der Waals surface area contributed by atoms with Gasteiger partial charge in [0, 0.05) is 22.9 Å². The van der Waals surface area contributed by atoms with Crippen molar-refractivity contribution in [1.29, 1.82) is 0 Å². The van der Waals surface area contributed by atoms with Crippen LogP contribution in [0.2, 0.25) is 0 Å². The van der Waals surface area contributed by atoms with Gasteiger partial charge in [-0.05, 0) is 42.2 Å². The highest BCUT2D eigenvalue weighted by Crippen LogP contribution is 2.29. The summed E-state index contributed by atoms with van der Waals surface area (Å²) >= 11 is 3.34. The quantitative estimate of drug-likeness (QED) is 0.562. The predicted octanol–water partition coefficient (Wildman–Crippen LogP) is 4.87. The second-order valence-electron chi connectivity index (χ2n) is 6.17. The Morgan fingerprint density at radius 1 is 1.30 bits per heavy atom. The van der Waals surface area contributed by atoms with Crippen LogP contribution in [0.1, 0.15) is 58.1 Å². The standard InChI is InChI=1S/C19H27BrO3/c1-4-6-14(11-19(23)13(2)3)7-5-8-17(21)16-12-15(20)9-10-18(16)22/h5,9-10,12-13,17,19,21-23H,4,6,8,11H2,1-3H3/t7?,17-,19-/m1/s1. The van der Waals surface area contributed by atoms with Crippen molar-refractivity contribution in [2.45, 2.75) is 58.7 Å². The molecule has 0 aliphatic heterocycles. The van der Waals surface area contributed by atoms with Crippen LogP contribution in [0, 0.1) is 5.92 Å². The first-order valence-electron chi connectivity index (χ1n) is 8.12. The third-order valence-corrected chi connectivity index (χ3v) is 4.27. The van der Waals surface area contributed by atoms with Crippen LogP contribution in [0.5, 0.6) is 5.75 Å². The van der Waals surface area contributed by atoms with Crippen molar-refractivity contribution in [2.75, 3.05) is 0 Å². The first kappa shape index (κ1) is 20.0. The number of halogens is 1. The molecule has 0 aliphatic carbocycles. The van der Waals surface area contributed by atoms with Gasteiger partial charge in [-0.2, -0.15) is 0 Å². The summed E-state index contributed by atoms with van der Waals surface area (Å²) in [5.41, 5.74) is 4.79. The lowest BCUT2D eigenvalue weighted by molar-refractivity contribution is 0.125. The van der Waals surface area contributed by atoms with Gasteiger partial charge >= 0.3 is 0 Å². The van der Waals surface area contributed by atoms with E-state index in [0.717, 1.165) is 22.9 Å². The Morgan fingerprint density at radius 3 is 2.61 bits per heavy atom. The Balaban J connectivity index is 2.81. The van der Waals surface area contributed by atoms with E-state index in [-0.39, 0.29) is 17.8 Å². The fourth-order valence-corrected chi connectivity index (χ4v) is 2.64. The van der Waals surface area contributed by atoms with Crippen LogP contribution in [0.4, 0.5) is 0 Å². The van der Waals surface area contributed by atoms with Gasteiger partial charge in [0.25, 0.3) is 0 Å². The molecule has 2 atom stereocenters. The van der Waals surface area contributed by atoms with E-state index < -0.39 is 6.10 Å². The monoisotopic (exact) mass is 382 g/mol. The summed E-state index contributed by atoms with van der Waals surface area (Å²) in [6.45, 7) is 6.09. The van der Waals surface area contributed by atoms with Gasteiger partial charge in [0.05, 0.1) is 12.2 Å². The molecule has 0 heterocycles. The van der Waals surface area contributed by atoms with E-state index in [1.807, 2.05) is 13.8 Å². The third-order valence-electron chi connectivity index (χ3n) is 3.77. The van der Waals surface area contributed by atoms with E-state index in [0.29, 0.717) is 18.4 Å². The van der Waals surface area contributed by atoms with Crippen molar-refractivity contribution >= 4 is 15.9 Å². The molecule has 0 bridgehead atoms. The zero-order valence-corrected chi connectivity index (χ0v) is 15.7. The summed E-state index contributed by atoms with van der Waals surface area (Å²) in [5, 5.41) is 30.1. The van der Waals surface area contributed by atoms with Crippen LogP contribution in [-0.4, -0.2) is 21.4 Å². The molecule has 0 unspecified atom stereocenters. The van der Waals surface area contributed by atoms with E-state index in [1.54, 1.807) is 24.3 Å². The highest BCUT2D eigenvalue weighted by Gasteiger charge is 2.12. The minimum absolute atomic E-state index is 0.0853. The van der Waals surface area contributed by atoms with Crippen molar-refractivity contribution in [3.8, 4) is 5.75 Å². The lowest BCUT2D eigenvalue weighted by Crippen LogP contribution is -2.15. The third kappa shape index (κ3) is 6.92. The second kappa shape index (κ2) is 9.94. The smallest absolute Gasteiger partial charge is 0.121 e. The fourth-order valence-electron chi connectivity index (χ4n) is 2.26. The normalized spacial score (nSPS) is 13.5. The largest absolute Gasteiger partial charge is 0.508 e. The molecule has 3 nitrogen and oxygen atoms in total. The topological polar surface area (TPSA) is 60.7 Å². The van der Waals surface area contributed by atoms with Gasteiger partial charge in [-0.3, -0.25) is 0 Å². The molecule has 1 aromatic rings. The maximum absolute atomic E-state index is 10.2. The van der Waals surface area contributed by atoms with Crippen molar-refractivity contribution in [3.63, 3.8) is 0 Å². The molecule has 128 valence electrons. The van der Waals surface area contributed by atoms with Gasteiger partial charge in [0.2, 0.25) is 0 Å². The average Bonchev–Trinajstić information content (AvgIpc) is 2.49. The van der Waals surface area contributed by atoms with Gasteiger partial charge in [0.15, 0.2) is 0 Å². The molecule has 4 heteroatoms. The highest BCUT2D eigenvalue weighted by molar-refractivity contribution is 9.10. The summed E-state index contributed by atoms with van der Waals surface area (Å²) in [6, 6.07) is 5.00. The number of aromatic hydroxyl groups is 1. The van der Waals surface area contributed by atoms with Crippen LogP contribution < -0.4 is 0 Å². The number of phenolic OH excluding ortho intramolecular Hbond substituents is 1. The lowest BCUT2D eigenvalue weighted by atomic mass is 9.97. The number of hydrogen-bond acceptors (Lipinski definition) is 3. The molecule has 0 spiro atoms. The summed E-state index contributed by atoms with van der Waals surface area (Å²) in [7, 11) is 0. The van der Waals surface area contributed by atoms with E-state index in [9.17, 15) is 15.3 Å². The summed E-state index contributed by atoms with van der Waals surface area (Å²) in [5.74, 6) is 0.301. The van der Waals surface area contributed by atoms with Crippen LogP contribution in [0.3, 0.4) is 0 Å². The molecular weight excluding hydrogens is 356 g/mol. The molecule has 1 rings (SSSR count). The first-order chi connectivity index (χ1) is 10.8. The average molecular weight is 383 g/mol. The molecule has 0 radical (unpaired) electrons. The summed E-state index contributed by atoms with van der Waals surface area (Å²) in [6.07, 6.45) is 3.52. The Hall–Kier alpha value is -1.06. The molecule has 3 N–H and O–H groups in total. The molecular formula is C19H27BrO3. The second-order valence-corrected chi connectivity index (χ2v) is 7.09. The number of phenols is 1. The van der Waals surface area contributed by atoms with Crippen molar-refractivity contribution in [2.24, 2.45) is 5.92 Å². The van der Waals surface area contributed by atoms with E-state index in [4.69, 9.17) is 0 Å². The molecule has 0 amide bonds. The molecule has 23 heavy (non-hydrogen) atoms. The van der Waals surface area contributed by atoms with Crippen LogP contribution in [0.15, 0.2) is 40.1 Å². The van der Waals surface area contributed by atoms with Crippen molar-refractivity contribution in [3.05, 3.63) is 45.6 Å². The number of rotatable bonds is 8. The maximum Gasteiger partial charge on any atom is 0.121 e. The van der Waals surface area contributed by atoms with Gasteiger partial charge in [-0.15, -0.1) is 5.73 Å². The molecule has 1 aromatic carbocycles. The minimum Gasteiger partial charge on any atom is -0.508 e.